The van der Waals surface area contributed by atoms with Gasteiger partial charge in [0.05, 0.1) is 14.8 Å². The molecule has 5 N–H and O–H groups in total. The largest absolute Gasteiger partial charge is 0.399 e. The number of nitrogens with zero attached hydrogens (tertiary/aromatic N) is 1. The Kier molecular flexibility index (Phi) is 4.65. The summed E-state index contributed by atoms with van der Waals surface area (Å²) in [5.41, 5.74) is 12.2. The molecule has 1 aromatic heterocycles. The number of hydrogen-bond donors (Lipinski definition) is 3. The van der Waals surface area contributed by atoms with Crippen molar-refractivity contribution in [2.24, 2.45) is 5.73 Å². The van der Waals surface area contributed by atoms with Crippen LogP contribution in [0.25, 0.3) is 10.4 Å². The summed E-state index contributed by atoms with van der Waals surface area (Å²) >= 11 is 1.53. The van der Waals surface area contributed by atoms with E-state index in [9.17, 15) is 8.42 Å². The van der Waals surface area contributed by atoms with Gasteiger partial charge in [-0.25, -0.2) is 18.1 Å². The number of hydrogen-bond acceptors (Lipinski definition) is 6. The highest BCUT2D eigenvalue weighted by Gasteiger charge is 2.31. The third-order valence-corrected chi connectivity index (χ3v) is 7.04. The van der Waals surface area contributed by atoms with Crippen molar-refractivity contribution in [2.75, 3.05) is 5.73 Å². The first-order valence-corrected chi connectivity index (χ1v) is 10.5. The number of nitrogens with two attached hydrogens (primary N) is 2. The van der Waals surface area contributed by atoms with E-state index in [0.29, 0.717) is 17.2 Å². The van der Waals surface area contributed by atoms with Crippen molar-refractivity contribution in [3.05, 3.63) is 29.4 Å². The van der Waals surface area contributed by atoms with Gasteiger partial charge in [-0.1, -0.05) is 6.07 Å². The number of rotatable bonds is 4. The SMILES string of the molecule is CC(C)(C)NS(=O)(=O)c1cc(N)ccc1-c1cnc([C@H]2C[C@H](N)C2)s1. The molecule has 8 heteroatoms. The maximum atomic E-state index is 12.8. The molecule has 0 saturated heterocycles. The zero-order valence-corrected chi connectivity index (χ0v) is 16.2. The van der Waals surface area contributed by atoms with Crippen molar-refractivity contribution < 1.29 is 8.42 Å². The van der Waals surface area contributed by atoms with Gasteiger partial charge in [0.25, 0.3) is 0 Å². The lowest BCUT2D eigenvalue weighted by Crippen LogP contribution is -2.40. The maximum absolute atomic E-state index is 12.8. The van der Waals surface area contributed by atoms with E-state index in [2.05, 4.69) is 9.71 Å². The molecular formula is C17H24N4O2S2. The first-order valence-electron chi connectivity index (χ1n) is 8.20. The topological polar surface area (TPSA) is 111 Å². The fourth-order valence-electron chi connectivity index (χ4n) is 2.89. The second-order valence-electron chi connectivity index (χ2n) is 7.60. The highest BCUT2D eigenvalue weighted by molar-refractivity contribution is 7.89. The molecule has 0 aliphatic heterocycles. The third-order valence-electron chi connectivity index (χ3n) is 4.05. The normalized spacial score (nSPS) is 21.1. The number of benzene rings is 1. The predicted molar refractivity (Wildman–Crippen MR) is 102 cm³/mol. The quantitative estimate of drug-likeness (QED) is 0.706. The lowest BCUT2D eigenvalue weighted by Gasteiger charge is -2.30. The van der Waals surface area contributed by atoms with Crippen LogP contribution in [0.5, 0.6) is 0 Å². The molecular weight excluding hydrogens is 356 g/mol. The minimum atomic E-state index is -3.70. The Morgan fingerprint density at radius 1 is 1.28 bits per heavy atom. The molecule has 0 atom stereocenters. The number of nitrogen functional groups attached to an aromatic ring is 1. The minimum absolute atomic E-state index is 0.183. The van der Waals surface area contributed by atoms with E-state index >= 15 is 0 Å². The summed E-state index contributed by atoms with van der Waals surface area (Å²) in [7, 11) is -3.70. The monoisotopic (exact) mass is 380 g/mol. The van der Waals surface area contributed by atoms with Gasteiger partial charge in [0, 0.05) is 34.9 Å². The van der Waals surface area contributed by atoms with Crippen LogP contribution in [0.1, 0.15) is 44.5 Å². The van der Waals surface area contributed by atoms with E-state index in [-0.39, 0.29) is 10.9 Å². The molecule has 1 aromatic carbocycles. The molecule has 6 nitrogen and oxygen atoms in total. The number of thiazole rings is 1. The number of sulfonamides is 1. The van der Waals surface area contributed by atoms with Crippen LogP contribution in [0.3, 0.4) is 0 Å². The van der Waals surface area contributed by atoms with Crippen LogP contribution in [0.2, 0.25) is 0 Å². The third kappa shape index (κ3) is 4.03. The molecule has 0 spiro atoms. The van der Waals surface area contributed by atoms with Crippen molar-refractivity contribution in [3.63, 3.8) is 0 Å². The van der Waals surface area contributed by atoms with Crippen molar-refractivity contribution in [3.8, 4) is 10.4 Å². The molecule has 0 radical (unpaired) electrons. The summed E-state index contributed by atoms with van der Waals surface area (Å²) in [4.78, 5) is 5.49. The van der Waals surface area contributed by atoms with E-state index in [4.69, 9.17) is 11.5 Å². The second kappa shape index (κ2) is 6.35. The van der Waals surface area contributed by atoms with Crippen molar-refractivity contribution in [1.29, 1.82) is 0 Å². The smallest absolute Gasteiger partial charge is 0.241 e. The van der Waals surface area contributed by atoms with Crippen LogP contribution in [-0.2, 0) is 10.0 Å². The van der Waals surface area contributed by atoms with Gasteiger partial charge >= 0.3 is 0 Å². The summed E-state index contributed by atoms with van der Waals surface area (Å²) in [5.74, 6) is 0.385. The zero-order chi connectivity index (χ0) is 18.4. The highest BCUT2D eigenvalue weighted by atomic mass is 32.2. The first-order chi connectivity index (χ1) is 11.5. The Labute approximate surface area is 152 Å². The Hall–Kier alpha value is -1.48. The molecule has 1 saturated carbocycles. The van der Waals surface area contributed by atoms with Gasteiger partial charge in [-0.3, -0.25) is 0 Å². The van der Waals surface area contributed by atoms with Gasteiger partial charge in [0.1, 0.15) is 0 Å². The number of anilines is 1. The van der Waals surface area contributed by atoms with E-state index in [1.807, 2.05) is 0 Å². The number of aromatic nitrogens is 1. The Morgan fingerprint density at radius 3 is 2.56 bits per heavy atom. The summed E-state index contributed by atoms with van der Waals surface area (Å²) in [6.07, 6.45) is 3.61. The van der Waals surface area contributed by atoms with Gasteiger partial charge < -0.3 is 11.5 Å². The van der Waals surface area contributed by atoms with Crippen LogP contribution >= 0.6 is 11.3 Å². The lowest BCUT2D eigenvalue weighted by molar-refractivity contribution is 0.350. The predicted octanol–water partition coefficient (Wildman–Crippen LogP) is 2.67. The fourth-order valence-corrected chi connectivity index (χ4v) is 5.71. The van der Waals surface area contributed by atoms with E-state index in [1.165, 1.54) is 17.4 Å². The zero-order valence-electron chi connectivity index (χ0n) is 14.6. The van der Waals surface area contributed by atoms with Crippen LogP contribution < -0.4 is 16.2 Å². The summed E-state index contributed by atoms with van der Waals surface area (Å²) in [6.45, 7) is 5.42. The summed E-state index contributed by atoms with van der Waals surface area (Å²) < 4.78 is 28.4. The molecule has 1 heterocycles. The highest BCUT2D eigenvalue weighted by Crippen LogP contribution is 2.41. The fraction of sp³-hybridized carbons (Fsp3) is 0.471. The maximum Gasteiger partial charge on any atom is 0.241 e. The van der Waals surface area contributed by atoms with Gasteiger partial charge in [0.15, 0.2) is 0 Å². The standard InChI is InChI=1S/C17H24N4O2S2/c1-17(2,3)21-25(22,23)15-8-11(18)4-5-13(15)14-9-20-16(24-14)10-6-12(19)7-10/h4-5,8-10,12,21H,6-7,18-19H2,1-3H3/t10-,12-. The molecule has 0 amide bonds. The molecule has 1 fully saturated rings. The van der Waals surface area contributed by atoms with E-state index in [1.54, 1.807) is 39.1 Å². The van der Waals surface area contributed by atoms with Gasteiger partial charge in [0.2, 0.25) is 10.0 Å². The average molecular weight is 381 g/mol. The molecule has 0 unspecified atom stereocenters. The van der Waals surface area contributed by atoms with Gasteiger partial charge in [-0.05, 0) is 45.7 Å². The molecule has 25 heavy (non-hydrogen) atoms. The van der Waals surface area contributed by atoms with Crippen LogP contribution in [0.15, 0.2) is 29.3 Å². The molecule has 1 aliphatic rings. The Balaban J connectivity index is 2.00. The van der Waals surface area contributed by atoms with Crippen LogP contribution in [0, 0.1) is 0 Å². The van der Waals surface area contributed by atoms with E-state index < -0.39 is 15.6 Å². The van der Waals surface area contributed by atoms with Crippen LogP contribution in [-0.4, -0.2) is 25.0 Å². The average Bonchev–Trinajstić information content (AvgIpc) is 2.90. The second-order valence-corrected chi connectivity index (χ2v) is 10.3. The molecule has 1 aliphatic carbocycles. The molecule has 3 rings (SSSR count). The van der Waals surface area contributed by atoms with E-state index in [0.717, 1.165) is 22.7 Å². The summed E-state index contributed by atoms with van der Waals surface area (Å²) in [6, 6.07) is 5.21. The van der Waals surface area contributed by atoms with Crippen LogP contribution in [0.4, 0.5) is 5.69 Å². The van der Waals surface area contributed by atoms with Gasteiger partial charge in [-0.15, -0.1) is 11.3 Å². The first kappa shape index (κ1) is 18.3. The lowest BCUT2D eigenvalue weighted by atomic mass is 9.81. The van der Waals surface area contributed by atoms with Gasteiger partial charge in [-0.2, -0.15) is 0 Å². The molecule has 136 valence electrons. The Bertz CT molecular complexity index is 878. The summed E-state index contributed by atoms with van der Waals surface area (Å²) in [5, 5.41) is 1.01. The minimum Gasteiger partial charge on any atom is -0.399 e. The molecule has 0 bridgehead atoms. The van der Waals surface area contributed by atoms with Crippen molar-refractivity contribution in [1.82, 2.24) is 9.71 Å². The molecule has 2 aromatic rings. The van der Waals surface area contributed by atoms with Crippen molar-refractivity contribution in [2.45, 2.75) is 56.0 Å². The Morgan fingerprint density at radius 2 is 1.96 bits per heavy atom. The number of nitrogens with one attached hydrogen (secondary N) is 1. The van der Waals surface area contributed by atoms with Crippen molar-refractivity contribution >= 4 is 27.0 Å².